The van der Waals surface area contributed by atoms with E-state index >= 15 is 0 Å². The normalized spacial score (nSPS) is 27.8. The molecule has 0 aromatic rings. The van der Waals surface area contributed by atoms with E-state index in [1.165, 1.54) is 44.9 Å². The van der Waals surface area contributed by atoms with Crippen LogP contribution in [0.1, 0.15) is 162 Å². The number of aliphatic hydroxyl groups is 4. The minimum absolute atomic E-state index is 0.00492. The molecule has 0 amide bonds. The van der Waals surface area contributed by atoms with Crippen LogP contribution in [0.15, 0.2) is 11.6 Å². The molecule has 0 aliphatic carbocycles. The van der Waals surface area contributed by atoms with Gasteiger partial charge in [0.1, 0.15) is 6.10 Å². The lowest BCUT2D eigenvalue weighted by Crippen LogP contribution is -2.33. The van der Waals surface area contributed by atoms with E-state index in [2.05, 4.69) is 0 Å². The maximum atomic E-state index is 11.6. The molecule has 3 rings (SSSR count). The van der Waals surface area contributed by atoms with Crippen molar-refractivity contribution in [3.8, 4) is 0 Å². The molecule has 2 saturated heterocycles. The first-order valence-corrected chi connectivity index (χ1v) is 18.7. The van der Waals surface area contributed by atoms with Crippen LogP contribution >= 0.6 is 0 Å². The van der Waals surface area contributed by atoms with E-state index in [-0.39, 0.29) is 48.7 Å². The van der Waals surface area contributed by atoms with Crippen molar-refractivity contribution >= 4 is 5.97 Å². The number of cyclic esters (lactones) is 1. The van der Waals surface area contributed by atoms with Gasteiger partial charge >= 0.3 is 5.97 Å². The van der Waals surface area contributed by atoms with Crippen molar-refractivity contribution in [3.63, 3.8) is 0 Å². The molecule has 0 saturated carbocycles. The maximum absolute atomic E-state index is 11.6. The zero-order valence-corrected chi connectivity index (χ0v) is 28.5. The largest absolute Gasteiger partial charge is 0.455 e. The van der Waals surface area contributed by atoms with E-state index in [1.54, 1.807) is 6.92 Å². The molecule has 0 spiro atoms. The van der Waals surface area contributed by atoms with Gasteiger partial charge in [0.05, 0.1) is 48.8 Å². The summed E-state index contributed by atoms with van der Waals surface area (Å²) in [6.07, 6.45) is 22.6. The summed E-state index contributed by atoms with van der Waals surface area (Å²) in [7, 11) is 0. The summed E-state index contributed by atoms with van der Waals surface area (Å²) in [5, 5.41) is 41.0. The van der Waals surface area contributed by atoms with E-state index in [0.717, 1.165) is 95.5 Å². The third-order valence-corrected chi connectivity index (χ3v) is 10.1. The molecule has 8 nitrogen and oxygen atoms in total. The first-order chi connectivity index (χ1) is 21.7. The molecular weight excluding hydrogens is 572 g/mol. The molecule has 45 heavy (non-hydrogen) atoms. The lowest BCUT2D eigenvalue weighted by Gasteiger charge is -2.24. The summed E-state index contributed by atoms with van der Waals surface area (Å²) in [4.78, 5) is 11.6. The molecule has 0 radical (unpaired) electrons. The number of hydrogen-bond acceptors (Lipinski definition) is 8. The molecule has 4 unspecified atom stereocenters. The number of carbonyl (C=O) groups excluding carboxylic acids is 1. The molecule has 0 aromatic heterocycles. The van der Waals surface area contributed by atoms with Gasteiger partial charge in [-0.3, -0.25) is 0 Å². The molecule has 3 aliphatic rings. The fourth-order valence-electron chi connectivity index (χ4n) is 7.29. The van der Waals surface area contributed by atoms with E-state index < -0.39 is 12.2 Å². The number of esters is 1. The van der Waals surface area contributed by atoms with E-state index in [0.29, 0.717) is 12.8 Å². The minimum atomic E-state index is -0.516. The number of carbonyl (C=O) groups is 1. The lowest BCUT2D eigenvalue weighted by molar-refractivity contribution is -0.139. The summed E-state index contributed by atoms with van der Waals surface area (Å²) in [5.74, 6) is -0.127. The van der Waals surface area contributed by atoms with Crippen LogP contribution in [0.5, 0.6) is 0 Å². The van der Waals surface area contributed by atoms with E-state index in [4.69, 9.17) is 14.2 Å². The van der Waals surface area contributed by atoms with Gasteiger partial charge in [0.2, 0.25) is 0 Å². The zero-order valence-electron chi connectivity index (χ0n) is 28.5. The smallest absolute Gasteiger partial charge is 0.334 e. The maximum Gasteiger partial charge on any atom is 0.334 e. The molecule has 0 aromatic carbocycles. The summed E-state index contributed by atoms with van der Waals surface area (Å²) in [5.41, 5.74) is 0.858. The van der Waals surface area contributed by atoms with Gasteiger partial charge in [-0.05, 0) is 97.0 Å². The Morgan fingerprint density at radius 3 is 1.64 bits per heavy atom. The van der Waals surface area contributed by atoms with Crippen LogP contribution in [0.25, 0.3) is 0 Å². The van der Waals surface area contributed by atoms with Gasteiger partial charge in [-0.15, -0.1) is 0 Å². The SMILES string of the molecule is CC(O)CCCCC(O)CCC[C@H](O)[C@H]1CCC([C@H]2CCC([C@@H](O)CCCCCCCCCCCCC3=C[C@H](C)OC3=O)O2)O1. The Balaban J connectivity index is 1.13. The van der Waals surface area contributed by atoms with Gasteiger partial charge in [0.15, 0.2) is 0 Å². The topological polar surface area (TPSA) is 126 Å². The van der Waals surface area contributed by atoms with Crippen molar-refractivity contribution in [1.82, 2.24) is 0 Å². The minimum Gasteiger partial charge on any atom is -0.455 e. The Labute approximate surface area is 273 Å². The highest BCUT2D eigenvalue weighted by atomic mass is 16.6. The lowest BCUT2D eigenvalue weighted by atomic mass is 9.99. The molecule has 262 valence electrons. The molecule has 8 heteroatoms. The summed E-state index contributed by atoms with van der Waals surface area (Å²) in [6.45, 7) is 3.70. The Morgan fingerprint density at radius 1 is 0.644 bits per heavy atom. The van der Waals surface area contributed by atoms with Crippen LogP contribution in [0.4, 0.5) is 0 Å². The average molecular weight is 639 g/mol. The Morgan fingerprint density at radius 2 is 1.11 bits per heavy atom. The molecule has 4 N–H and O–H groups in total. The van der Waals surface area contributed by atoms with Crippen LogP contribution in [0.2, 0.25) is 0 Å². The van der Waals surface area contributed by atoms with Gasteiger partial charge < -0.3 is 34.6 Å². The molecule has 9 atom stereocenters. The second kappa shape index (κ2) is 21.8. The zero-order chi connectivity index (χ0) is 32.4. The third kappa shape index (κ3) is 15.2. The number of ether oxygens (including phenoxy) is 3. The van der Waals surface area contributed by atoms with Crippen LogP contribution in [0, 0.1) is 0 Å². The summed E-state index contributed by atoms with van der Waals surface area (Å²) in [6, 6.07) is 0. The second-order valence-electron chi connectivity index (χ2n) is 14.3. The fourth-order valence-corrected chi connectivity index (χ4v) is 7.29. The number of hydrogen-bond donors (Lipinski definition) is 4. The predicted molar refractivity (Wildman–Crippen MR) is 177 cm³/mol. The average Bonchev–Trinajstić information content (AvgIpc) is 3.76. The molecule has 2 fully saturated rings. The van der Waals surface area contributed by atoms with Crippen LogP contribution in [-0.2, 0) is 19.0 Å². The van der Waals surface area contributed by atoms with Crippen molar-refractivity contribution in [1.29, 1.82) is 0 Å². The predicted octanol–water partition coefficient (Wildman–Crippen LogP) is 6.83. The van der Waals surface area contributed by atoms with Crippen LogP contribution in [0.3, 0.4) is 0 Å². The highest BCUT2D eigenvalue weighted by molar-refractivity contribution is 5.90. The number of rotatable bonds is 25. The van der Waals surface area contributed by atoms with Gasteiger partial charge in [0.25, 0.3) is 0 Å². The highest BCUT2D eigenvalue weighted by Crippen LogP contribution is 2.34. The van der Waals surface area contributed by atoms with E-state index in [1.807, 2.05) is 13.0 Å². The van der Waals surface area contributed by atoms with Gasteiger partial charge in [-0.25, -0.2) is 4.79 Å². The third-order valence-electron chi connectivity index (χ3n) is 10.1. The van der Waals surface area contributed by atoms with Crippen molar-refractivity contribution in [3.05, 3.63) is 11.6 Å². The molecule has 3 heterocycles. The number of unbranched alkanes of at least 4 members (excludes halogenated alkanes) is 10. The number of aliphatic hydroxyl groups excluding tert-OH is 4. The van der Waals surface area contributed by atoms with Crippen molar-refractivity contribution in [2.45, 2.75) is 216 Å². The Hall–Kier alpha value is -1.03. The molecular formula is C37H66O8. The van der Waals surface area contributed by atoms with Gasteiger partial charge in [-0.2, -0.15) is 0 Å². The van der Waals surface area contributed by atoms with Crippen LogP contribution < -0.4 is 0 Å². The first kappa shape index (κ1) is 38.4. The quantitative estimate of drug-likeness (QED) is 0.0634. The first-order valence-electron chi connectivity index (χ1n) is 18.7. The Bertz CT molecular complexity index is 831. The van der Waals surface area contributed by atoms with Crippen molar-refractivity contribution in [2.75, 3.05) is 0 Å². The van der Waals surface area contributed by atoms with E-state index in [9.17, 15) is 25.2 Å². The highest BCUT2D eigenvalue weighted by Gasteiger charge is 2.40. The Kier molecular flexibility index (Phi) is 18.6. The van der Waals surface area contributed by atoms with Gasteiger partial charge in [-0.1, -0.05) is 70.6 Å². The van der Waals surface area contributed by atoms with Crippen molar-refractivity contribution < 1.29 is 39.4 Å². The monoisotopic (exact) mass is 638 g/mol. The molecule has 0 bridgehead atoms. The second-order valence-corrected chi connectivity index (χ2v) is 14.3. The van der Waals surface area contributed by atoms with Crippen molar-refractivity contribution in [2.24, 2.45) is 0 Å². The summed E-state index contributed by atoms with van der Waals surface area (Å²) >= 11 is 0. The molecule has 3 aliphatic heterocycles. The van der Waals surface area contributed by atoms with Gasteiger partial charge in [0, 0.05) is 5.57 Å². The van der Waals surface area contributed by atoms with Crippen LogP contribution in [-0.4, -0.2) is 81.3 Å². The summed E-state index contributed by atoms with van der Waals surface area (Å²) < 4.78 is 17.7. The fraction of sp³-hybridized carbons (Fsp3) is 0.919. The standard InChI is InChI=1S/C37H66O8/c1-27(38)16-13-14-18-30(39)19-15-21-32(41)34-23-25-36(45-34)35-24-22-33(44-35)31(40)20-12-10-8-6-4-3-5-7-9-11-17-29-26-28(2)43-37(29)42/h26-28,30-36,38-41H,3-25H2,1-2H3/t27?,28-,30?,31-,32-,33?,34+,35+,36?/m0/s1.